The topological polar surface area (TPSA) is 47.3 Å². The molecule has 0 radical (unpaired) electrons. The van der Waals surface area contributed by atoms with Gasteiger partial charge in [0.2, 0.25) is 0 Å². The van der Waals surface area contributed by atoms with Crippen LogP contribution in [0.1, 0.15) is 12.5 Å². The van der Waals surface area contributed by atoms with Gasteiger partial charge in [0.05, 0.1) is 18.0 Å². The predicted octanol–water partition coefficient (Wildman–Crippen LogP) is 3.48. The maximum absolute atomic E-state index is 13.5. The van der Waals surface area contributed by atoms with Crippen LogP contribution in [0.3, 0.4) is 0 Å². The zero-order valence-electron chi connectivity index (χ0n) is 10.1. The standard InChI is InChI=1S/C13H15FN2OS/c1-2-17-13-6-12(11(15)5-10(13)14)16-7-9-3-4-18-8-9/h3-6,8,16H,2,7,15H2,1H3. The zero-order valence-corrected chi connectivity index (χ0v) is 10.9. The molecule has 0 aliphatic heterocycles. The summed E-state index contributed by atoms with van der Waals surface area (Å²) in [6.45, 7) is 2.89. The van der Waals surface area contributed by atoms with E-state index in [2.05, 4.69) is 10.7 Å². The Morgan fingerprint density at radius 2 is 2.28 bits per heavy atom. The molecule has 96 valence electrons. The van der Waals surface area contributed by atoms with Gasteiger partial charge >= 0.3 is 0 Å². The molecule has 0 unspecified atom stereocenters. The second-order valence-corrected chi connectivity index (χ2v) is 4.57. The summed E-state index contributed by atoms with van der Waals surface area (Å²) < 4.78 is 18.7. The molecule has 3 nitrogen and oxygen atoms in total. The summed E-state index contributed by atoms with van der Waals surface area (Å²) >= 11 is 1.64. The van der Waals surface area contributed by atoms with Gasteiger partial charge in [-0.15, -0.1) is 0 Å². The Kier molecular flexibility index (Phi) is 4.04. The molecule has 0 saturated heterocycles. The lowest BCUT2D eigenvalue weighted by molar-refractivity contribution is 0.322. The minimum atomic E-state index is -0.435. The number of thiophene rings is 1. The van der Waals surface area contributed by atoms with Gasteiger partial charge in [0.1, 0.15) is 0 Å². The van der Waals surface area contributed by atoms with Gasteiger partial charge in [0.25, 0.3) is 0 Å². The highest BCUT2D eigenvalue weighted by Gasteiger charge is 2.08. The van der Waals surface area contributed by atoms with E-state index in [4.69, 9.17) is 10.5 Å². The molecule has 2 rings (SSSR count). The Balaban J connectivity index is 2.13. The molecule has 0 atom stereocenters. The number of halogens is 1. The summed E-state index contributed by atoms with van der Waals surface area (Å²) in [5.41, 5.74) is 8.01. The molecule has 0 bridgehead atoms. The maximum Gasteiger partial charge on any atom is 0.167 e. The van der Waals surface area contributed by atoms with Crippen molar-refractivity contribution in [2.45, 2.75) is 13.5 Å². The Morgan fingerprint density at radius 1 is 1.44 bits per heavy atom. The van der Waals surface area contributed by atoms with Gasteiger partial charge in [-0.1, -0.05) is 0 Å². The average molecular weight is 266 g/mol. The third-order valence-electron chi connectivity index (χ3n) is 2.47. The number of ether oxygens (including phenoxy) is 1. The molecule has 0 aliphatic rings. The molecular weight excluding hydrogens is 251 g/mol. The number of hydrogen-bond acceptors (Lipinski definition) is 4. The van der Waals surface area contributed by atoms with E-state index in [1.807, 2.05) is 18.4 Å². The lowest BCUT2D eigenvalue weighted by Crippen LogP contribution is -2.04. The highest BCUT2D eigenvalue weighted by molar-refractivity contribution is 7.07. The molecule has 3 N–H and O–H groups in total. The Morgan fingerprint density at radius 3 is 2.94 bits per heavy atom. The van der Waals surface area contributed by atoms with Crippen LogP contribution in [0, 0.1) is 5.82 Å². The molecule has 2 aromatic rings. The summed E-state index contributed by atoms with van der Waals surface area (Å²) in [7, 11) is 0. The fourth-order valence-electron chi connectivity index (χ4n) is 1.58. The summed E-state index contributed by atoms with van der Waals surface area (Å²) in [6, 6.07) is 4.91. The number of nitrogen functional groups attached to an aromatic ring is 1. The minimum Gasteiger partial charge on any atom is -0.491 e. The Hall–Kier alpha value is -1.75. The van der Waals surface area contributed by atoms with E-state index in [0.29, 0.717) is 24.5 Å². The smallest absolute Gasteiger partial charge is 0.167 e. The molecule has 1 aromatic carbocycles. The van der Waals surface area contributed by atoms with Crippen molar-refractivity contribution >= 4 is 22.7 Å². The highest BCUT2D eigenvalue weighted by atomic mass is 32.1. The van der Waals surface area contributed by atoms with Gasteiger partial charge in [-0.05, 0) is 29.3 Å². The molecule has 1 aromatic heterocycles. The van der Waals surface area contributed by atoms with Crippen LogP contribution in [0.4, 0.5) is 15.8 Å². The van der Waals surface area contributed by atoms with Crippen LogP contribution in [-0.4, -0.2) is 6.61 Å². The largest absolute Gasteiger partial charge is 0.491 e. The van der Waals surface area contributed by atoms with Gasteiger partial charge in [0, 0.05) is 18.7 Å². The summed E-state index contributed by atoms with van der Waals surface area (Å²) in [5.74, 6) is -0.213. The number of anilines is 2. The van der Waals surface area contributed by atoms with Crippen molar-refractivity contribution in [3.05, 3.63) is 40.3 Å². The second-order valence-electron chi connectivity index (χ2n) is 3.79. The van der Waals surface area contributed by atoms with Crippen molar-refractivity contribution in [1.82, 2.24) is 0 Å². The summed E-state index contributed by atoms with van der Waals surface area (Å²) in [6.07, 6.45) is 0. The van der Waals surface area contributed by atoms with E-state index >= 15 is 0 Å². The van der Waals surface area contributed by atoms with Gasteiger partial charge in [0.15, 0.2) is 11.6 Å². The van der Waals surface area contributed by atoms with E-state index in [9.17, 15) is 4.39 Å². The number of rotatable bonds is 5. The first-order chi connectivity index (χ1) is 8.70. The van der Waals surface area contributed by atoms with Crippen LogP contribution < -0.4 is 15.8 Å². The number of hydrogen-bond donors (Lipinski definition) is 2. The van der Waals surface area contributed by atoms with Gasteiger partial charge in [-0.25, -0.2) is 4.39 Å². The fourth-order valence-corrected chi connectivity index (χ4v) is 2.25. The lowest BCUT2D eigenvalue weighted by Gasteiger charge is -2.12. The van der Waals surface area contributed by atoms with Crippen LogP contribution in [0.15, 0.2) is 29.0 Å². The molecule has 18 heavy (non-hydrogen) atoms. The number of nitrogens with one attached hydrogen (secondary N) is 1. The quantitative estimate of drug-likeness (QED) is 0.814. The molecule has 0 saturated carbocycles. The predicted molar refractivity (Wildman–Crippen MR) is 73.6 cm³/mol. The number of nitrogens with two attached hydrogens (primary N) is 1. The molecule has 0 spiro atoms. The van der Waals surface area contributed by atoms with Crippen LogP contribution in [0.25, 0.3) is 0 Å². The molecule has 0 fully saturated rings. The molecule has 5 heteroatoms. The third-order valence-corrected chi connectivity index (χ3v) is 3.20. The first kappa shape index (κ1) is 12.7. The van der Waals surface area contributed by atoms with E-state index in [1.54, 1.807) is 17.4 Å². The van der Waals surface area contributed by atoms with Crippen molar-refractivity contribution in [3.63, 3.8) is 0 Å². The van der Waals surface area contributed by atoms with Gasteiger partial charge in [-0.2, -0.15) is 11.3 Å². The molecular formula is C13H15FN2OS. The SMILES string of the molecule is CCOc1cc(NCc2ccsc2)c(N)cc1F. The molecule has 0 amide bonds. The van der Waals surface area contributed by atoms with Gasteiger partial charge in [-0.3, -0.25) is 0 Å². The Bertz CT molecular complexity index is 514. The van der Waals surface area contributed by atoms with Crippen LogP contribution >= 0.6 is 11.3 Å². The first-order valence-corrected chi connectivity index (χ1v) is 6.61. The van der Waals surface area contributed by atoms with Crippen molar-refractivity contribution in [1.29, 1.82) is 0 Å². The first-order valence-electron chi connectivity index (χ1n) is 5.67. The average Bonchev–Trinajstić information content (AvgIpc) is 2.84. The lowest BCUT2D eigenvalue weighted by atomic mass is 10.2. The monoisotopic (exact) mass is 266 g/mol. The van der Waals surface area contributed by atoms with Gasteiger partial charge < -0.3 is 15.8 Å². The Labute approximate surface area is 109 Å². The van der Waals surface area contributed by atoms with Crippen LogP contribution in [0.2, 0.25) is 0 Å². The second kappa shape index (κ2) is 5.73. The minimum absolute atomic E-state index is 0.222. The van der Waals surface area contributed by atoms with Crippen molar-refractivity contribution < 1.29 is 9.13 Å². The van der Waals surface area contributed by atoms with E-state index < -0.39 is 5.82 Å². The summed E-state index contributed by atoms with van der Waals surface area (Å²) in [4.78, 5) is 0. The van der Waals surface area contributed by atoms with E-state index in [-0.39, 0.29) is 5.75 Å². The molecule has 1 heterocycles. The highest BCUT2D eigenvalue weighted by Crippen LogP contribution is 2.28. The summed E-state index contributed by atoms with van der Waals surface area (Å²) in [5, 5.41) is 7.24. The van der Waals surface area contributed by atoms with Crippen molar-refractivity contribution in [2.24, 2.45) is 0 Å². The van der Waals surface area contributed by atoms with Crippen molar-refractivity contribution in [2.75, 3.05) is 17.7 Å². The maximum atomic E-state index is 13.5. The van der Waals surface area contributed by atoms with Crippen molar-refractivity contribution in [3.8, 4) is 5.75 Å². The third kappa shape index (κ3) is 2.92. The van der Waals surface area contributed by atoms with E-state index in [0.717, 1.165) is 0 Å². The zero-order chi connectivity index (χ0) is 13.0. The van der Waals surface area contributed by atoms with E-state index in [1.165, 1.54) is 11.6 Å². The normalized spacial score (nSPS) is 10.3. The molecule has 0 aliphatic carbocycles. The fraction of sp³-hybridized carbons (Fsp3) is 0.231. The van der Waals surface area contributed by atoms with Crippen LogP contribution in [0.5, 0.6) is 5.75 Å². The number of benzene rings is 1. The van der Waals surface area contributed by atoms with Crippen LogP contribution in [-0.2, 0) is 6.54 Å².